The Morgan fingerprint density at radius 2 is 1.89 bits per heavy atom. The highest BCUT2D eigenvalue weighted by Crippen LogP contribution is 2.39. The summed E-state index contributed by atoms with van der Waals surface area (Å²) >= 11 is 0. The van der Waals surface area contributed by atoms with Crippen molar-refractivity contribution in [2.75, 3.05) is 40.3 Å². The fraction of sp³-hybridized carbons (Fsp3) is 0.929. The van der Waals surface area contributed by atoms with Gasteiger partial charge in [-0.3, -0.25) is 4.79 Å². The van der Waals surface area contributed by atoms with Crippen LogP contribution in [-0.4, -0.2) is 66.7 Å². The second-order valence-electron chi connectivity index (χ2n) is 6.60. The lowest BCUT2D eigenvalue weighted by Gasteiger charge is -2.37. The Hall–Kier alpha value is -0.650. The zero-order valence-corrected chi connectivity index (χ0v) is 12.1. The van der Waals surface area contributed by atoms with Crippen LogP contribution >= 0.6 is 0 Å². The minimum atomic E-state index is -1.02. The maximum atomic E-state index is 11.4. The summed E-state index contributed by atoms with van der Waals surface area (Å²) in [6.45, 7) is 3.61. The Kier molecular flexibility index (Phi) is 4.48. The van der Waals surface area contributed by atoms with Gasteiger partial charge in [0.1, 0.15) is 5.54 Å². The maximum Gasteiger partial charge on any atom is 0.325 e. The average molecular weight is 269 g/mol. The van der Waals surface area contributed by atoms with Gasteiger partial charge in [0.15, 0.2) is 0 Å². The van der Waals surface area contributed by atoms with Gasteiger partial charge in [-0.2, -0.15) is 0 Å². The first-order chi connectivity index (χ1) is 8.91. The third kappa shape index (κ3) is 3.68. The standard InChI is InChI=1S/C14H27N3O2/c1-16(2)9-11-5-7-17(8-6-11)10-14(15,13(18)19)12-3-4-12/h11-12H,3-10,15H2,1-2H3,(H,18,19). The van der Waals surface area contributed by atoms with Crippen LogP contribution < -0.4 is 5.73 Å². The van der Waals surface area contributed by atoms with E-state index in [9.17, 15) is 9.90 Å². The molecule has 1 heterocycles. The molecule has 0 amide bonds. The molecule has 5 heteroatoms. The first kappa shape index (κ1) is 14.8. The molecule has 0 bridgehead atoms. The lowest BCUT2D eigenvalue weighted by molar-refractivity contribution is -0.145. The Morgan fingerprint density at radius 1 is 1.32 bits per heavy atom. The van der Waals surface area contributed by atoms with E-state index in [1.54, 1.807) is 0 Å². The number of carboxylic acids is 1. The van der Waals surface area contributed by atoms with Crippen LogP contribution in [0.15, 0.2) is 0 Å². The zero-order valence-electron chi connectivity index (χ0n) is 12.1. The molecule has 2 rings (SSSR count). The topological polar surface area (TPSA) is 69.8 Å². The minimum absolute atomic E-state index is 0.185. The molecule has 19 heavy (non-hydrogen) atoms. The van der Waals surface area contributed by atoms with Crippen molar-refractivity contribution < 1.29 is 9.90 Å². The summed E-state index contributed by atoms with van der Waals surface area (Å²) in [4.78, 5) is 15.9. The summed E-state index contributed by atoms with van der Waals surface area (Å²) in [6, 6.07) is 0. The first-order valence-corrected chi connectivity index (χ1v) is 7.31. The van der Waals surface area contributed by atoms with E-state index in [4.69, 9.17) is 5.73 Å². The van der Waals surface area contributed by atoms with Gasteiger partial charge in [-0.25, -0.2) is 0 Å². The van der Waals surface area contributed by atoms with Crippen LogP contribution in [-0.2, 0) is 4.79 Å². The molecule has 2 aliphatic rings. The zero-order chi connectivity index (χ0) is 14.0. The van der Waals surface area contributed by atoms with Gasteiger partial charge in [-0.1, -0.05) is 0 Å². The van der Waals surface area contributed by atoms with Gasteiger partial charge in [0.25, 0.3) is 0 Å². The molecule has 0 radical (unpaired) electrons. The third-order valence-electron chi connectivity index (χ3n) is 4.52. The van der Waals surface area contributed by atoms with Crippen molar-refractivity contribution in [1.29, 1.82) is 0 Å². The van der Waals surface area contributed by atoms with E-state index < -0.39 is 11.5 Å². The number of hydrogen-bond donors (Lipinski definition) is 2. The molecular weight excluding hydrogens is 242 g/mol. The Morgan fingerprint density at radius 3 is 2.32 bits per heavy atom. The van der Waals surface area contributed by atoms with Gasteiger partial charge >= 0.3 is 5.97 Å². The van der Waals surface area contributed by atoms with Crippen LogP contribution in [0.3, 0.4) is 0 Å². The highest BCUT2D eigenvalue weighted by molar-refractivity contribution is 5.79. The SMILES string of the molecule is CN(C)CC1CCN(CC(N)(C(=O)O)C2CC2)CC1. The fourth-order valence-corrected chi connectivity index (χ4v) is 3.18. The number of nitrogens with zero attached hydrogens (tertiary/aromatic N) is 2. The van der Waals surface area contributed by atoms with E-state index in [-0.39, 0.29) is 5.92 Å². The van der Waals surface area contributed by atoms with Crippen molar-refractivity contribution in [3.05, 3.63) is 0 Å². The van der Waals surface area contributed by atoms with Crippen molar-refractivity contribution in [2.24, 2.45) is 17.6 Å². The van der Waals surface area contributed by atoms with Crippen molar-refractivity contribution >= 4 is 5.97 Å². The Bertz CT molecular complexity index is 323. The highest BCUT2D eigenvalue weighted by Gasteiger charge is 2.49. The molecule has 5 nitrogen and oxygen atoms in total. The summed E-state index contributed by atoms with van der Waals surface area (Å²) in [5.74, 6) is 0.0964. The van der Waals surface area contributed by atoms with Gasteiger partial charge in [0, 0.05) is 13.1 Å². The normalized spacial score (nSPS) is 25.5. The summed E-state index contributed by atoms with van der Waals surface area (Å²) < 4.78 is 0. The molecule has 3 N–H and O–H groups in total. The van der Waals surface area contributed by atoms with Crippen molar-refractivity contribution in [1.82, 2.24) is 9.80 Å². The summed E-state index contributed by atoms with van der Waals surface area (Å²) in [5, 5.41) is 9.39. The predicted molar refractivity (Wildman–Crippen MR) is 75.0 cm³/mol. The molecule has 0 aromatic rings. The molecule has 1 aliphatic heterocycles. The van der Waals surface area contributed by atoms with Crippen LogP contribution in [0.5, 0.6) is 0 Å². The first-order valence-electron chi connectivity index (χ1n) is 7.31. The number of rotatable bonds is 6. The molecule has 0 aromatic carbocycles. The number of aliphatic carboxylic acids is 1. The quantitative estimate of drug-likeness (QED) is 0.733. The van der Waals surface area contributed by atoms with Gasteiger partial charge < -0.3 is 20.6 Å². The second-order valence-corrected chi connectivity index (χ2v) is 6.60. The molecule has 1 aliphatic carbocycles. The molecule has 1 unspecified atom stereocenters. The summed E-state index contributed by atoms with van der Waals surface area (Å²) in [5.41, 5.74) is 5.12. The molecule has 1 saturated heterocycles. The lowest BCUT2D eigenvalue weighted by atomic mass is 9.91. The van der Waals surface area contributed by atoms with E-state index in [2.05, 4.69) is 23.9 Å². The molecule has 1 atom stereocenters. The fourth-order valence-electron chi connectivity index (χ4n) is 3.18. The van der Waals surface area contributed by atoms with Crippen molar-refractivity contribution in [3.8, 4) is 0 Å². The predicted octanol–water partition coefficient (Wildman–Crippen LogP) is 0.452. The minimum Gasteiger partial charge on any atom is -0.480 e. The number of hydrogen-bond acceptors (Lipinski definition) is 4. The van der Waals surface area contributed by atoms with E-state index in [0.29, 0.717) is 6.54 Å². The number of piperidine rings is 1. The van der Waals surface area contributed by atoms with Crippen LogP contribution in [0.25, 0.3) is 0 Å². The van der Waals surface area contributed by atoms with Crippen molar-refractivity contribution in [3.63, 3.8) is 0 Å². The van der Waals surface area contributed by atoms with Gasteiger partial charge in [-0.05, 0) is 64.7 Å². The lowest BCUT2D eigenvalue weighted by Crippen LogP contribution is -2.59. The number of likely N-dealkylation sites (tertiary alicyclic amines) is 1. The molecular formula is C14H27N3O2. The van der Waals surface area contributed by atoms with Gasteiger partial charge in [-0.15, -0.1) is 0 Å². The number of carbonyl (C=O) groups is 1. The number of carboxylic acid groups (broad SMARTS) is 1. The van der Waals surface area contributed by atoms with E-state index in [0.717, 1.165) is 51.2 Å². The molecule has 110 valence electrons. The molecule has 0 spiro atoms. The maximum absolute atomic E-state index is 11.4. The highest BCUT2D eigenvalue weighted by atomic mass is 16.4. The van der Waals surface area contributed by atoms with Gasteiger partial charge in [0.2, 0.25) is 0 Å². The van der Waals surface area contributed by atoms with E-state index in [1.807, 2.05) is 0 Å². The smallest absolute Gasteiger partial charge is 0.325 e. The Balaban J connectivity index is 1.83. The summed E-state index contributed by atoms with van der Waals surface area (Å²) in [6.07, 6.45) is 4.25. The van der Waals surface area contributed by atoms with E-state index in [1.165, 1.54) is 0 Å². The van der Waals surface area contributed by atoms with Gasteiger partial charge in [0.05, 0.1) is 0 Å². The Labute approximate surface area is 115 Å². The molecule has 2 fully saturated rings. The molecule has 0 aromatic heterocycles. The molecule has 1 saturated carbocycles. The third-order valence-corrected chi connectivity index (χ3v) is 4.52. The largest absolute Gasteiger partial charge is 0.480 e. The average Bonchev–Trinajstić information content (AvgIpc) is 3.15. The van der Waals surface area contributed by atoms with E-state index >= 15 is 0 Å². The van der Waals surface area contributed by atoms with Crippen LogP contribution in [0.2, 0.25) is 0 Å². The van der Waals surface area contributed by atoms with Crippen LogP contribution in [0.1, 0.15) is 25.7 Å². The summed E-state index contributed by atoms with van der Waals surface area (Å²) in [7, 11) is 4.21. The number of nitrogens with two attached hydrogens (primary N) is 1. The van der Waals surface area contributed by atoms with Crippen LogP contribution in [0, 0.1) is 11.8 Å². The van der Waals surface area contributed by atoms with Crippen molar-refractivity contribution in [2.45, 2.75) is 31.2 Å². The van der Waals surface area contributed by atoms with Crippen LogP contribution in [0.4, 0.5) is 0 Å². The monoisotopic (exact) mass is 269 g/mol. The second kappa shape index (κ2) is 5.77.